The Labute approximate surface area is 179 Å². The third-order valence-electron chi connectivity index (χ3n) is 4.46. The zero-order valence-electron chi connectivity index (χ0n) is 18.8. The molecule has 2 rings (SSSR count). The summed E-state index contributed by atoms with van der Waals surface area (Å²) < 4.78 is 17.1. The maximum absolute atomic E-state index is 13.0. The molecule has 0 saturated carbocycles. The normalized spacial score (nSPS) is 16.4. The number of carbonyl (C=O) groups excluding carboxylic acids is 2. The van der Waals surface area contributed by atoms with Gasteiger partial charge in [0.2, 0.25) is 0 Å². The van der Waals surface area contributed by atoms with Gasteiger partial charge in [0.05, 0.1) is 30.4 Å². The number of hydrogen-bond donors (Lipinski definition) is 2. The highest BCUT2D eigenvalue weighted by Crippen LogP contribution is 2.36. The van der Waals surface area contributed by atoms with Crippen LogP contribution in [-0.4, -0.2) is 30.8 Å². The summed E-state index contributed by atoms with van der Waals surface area (Å²) in [6.07, 6.45) is 2.11. The highest BCUT2D eigenvalue weighted by Gasteiger charge is 2.34. The van der Waals surface area contributed by atoms with Crippen molar-refractivity contribution in [1.29, 1.82) is 0 Å². The number of urea groups is 1. The third kappa shape index (κ3) is 6.15. The van der Waals surface area contributed by atoms with Crippen molar-refractivity contribution in [3.63, 3.8) is 0 Å². The molecule has 0 radical (unpaired) electrons. The second-order valence-electron chi connectivity index (χ2n) is 7.79. The molecule has 2 amide bonds. The summed E-state index contributed by atoms with van der Waals surface area (Å²) in [5.41, 5.74) is 1.77. The summed E-state index contributed by atoms with van der Waals surface area (Å²) in [5.74, 6) is 0.759. The quantitative estimate of drug-likeness (QED) is 0.542. The molecular formula is C23H34N2O5. The van der Waals surface area contributed by atoms with Crippen molar-refractivity contribution in [2.75, 3.05) is 6.61 Å². The van der Waals surface area contributed by atoms with Crippen molar-refractivity contribution in [3.8, 4) is 11.5 Å². The minimum absolute atomic E-state index is 0.00855. The first-order valence-electron chi connectivity index (χ1n) is 10.7. The van der Waals surface area contributed by atoms with Gasteiger partial charge in [0, 0.05) is 5.70 Å². The molecule has 1 aromatic rings. The molecule has 1 aromatic carbocycles. The lowest BCUT2D eigenvalue weighted by atomic mass is 9.93. The Morgan fingerprint density at radius 3 is 2.43 bits per heavy atom. The number of ether oxygens (including phenoxy) is 3. The van der Waals surface area contributed by atoms with E-state index >= 15 is 0 Å². The number of nitrogens with one attached hydrogen (secondary N) is 2. The average molecular weight is 419 g/mol. The van der Waals surface area contributed by atoms with Gasteiger partial charge in [-0.2, -0.15) is 0 Å². The predicted molar refractivity (Wildman–Crippen MR) is 116 cm³/mol. The van der Waals surface area contributed by atoms with Gasteiger partial charge in [0.1, 0.15) is 0 Å². The number of amides is 2. The lowest BCUT2D eigenvalue weighted by Gasteiger charge is -2.30. The van der Waals surface area contributed by atoms with Gasteiger partial charge in [-0.3, -0.25) is 0 Å². The zero-order chi connectivity index (χ0) is 22.3. The number of carbonyl (C=O) groups is 2. The van der Waals surface area contributed by atoms with Crippen LogP contribution in [-0.2, 0) is 9.53 Å². The van der Waals surface area contributed by atoms with Crippen LogP contribution in [0.3, 0.4) is 0 Å². The van der Waals surface area contributed by atoms with Gasteiger partial charge in [0.25, 0.3) is 0 Å². The second-order valence-corrected chi connectivity index (χ2v) is 7.79. The van der Waals surface area contributed by atoms with E-state index in [0.29, 0.717) is 35.8 Å². The molecule has 1 atom stereocenters. The van der Waals surface area contributed by atoms with Crippen LogP contribution in [0.25, 0.3) is 0 Å². The van der Waals surface area contributed by atoms with Crippen molar-refractivity contribution in [1.82, 2.24) is 10.6 Å². The van der Waals surface area contributed by atoms with Gasteiger partial charge < -0.3 is 24.8 Å². The molecule has 7 nitrogen and oxygen atoms in total. The highest BCUT2D eigenvalue weighted by atomic mass is 16.5. The Kier molecular flexibility index (Phi) is 8.57. The molecule has 0 spiro atoms. The Morgan fingerprint density at radius 1 is 1.10 bits per heavy atom. The molecule has 2 N–H and O–H groups in total. The van der Waals surface area contributed by atoms with Gasteiger partial charge in [-0.05, 0) is 65.2 Å². The topological polar surface area (TPSA) is 85.9 Å². The van der Waals surface area contributed by atoms with Crippen LogP contribution in [0, 0.1) is 0 Å². The van der Waals surface area contributed by atoms with Crippen molar-refractivity contribution >= 4 is 12.0 Å². The predicted octanol–water partition coefficient (Wildman–Crippen LogP) is 4.62. The first kappa shape index (κ1) is 23.6. The Balaban J connectivity index is 2.52. The monoisotopic (exact) mass is 418 g/mol. The average Bonchev–Trinajstić information content (AvgIpc) is 2.66. The van der Waals surface area contributed by atoms with Crippen LogP contribution >= 0.6 is 0 Å². The van der Waals surface area contributed by atoms with Crippen molar-refractivity contribution < 1.29 is 23.8 Å². The number of benzene rings is 1. The minimum Gasteiger partial charge on any atom is -0.490 e. The second kappa shape index (κ2) is 10.9. The molecule has 166 valence electrons. The van der Waals surface area contributed by atoms with Crippen LogP contribution in [0.5, 0.6) is 11.5 Å². The van der Waals surface area contributed by atoms with Gasteiger partial charge in [-0.15, -0.1) is 0 Å². The number of unbranched alkanes of at least 4 members (excludes halogenated alkanes) is 1. The molecule has 1 heterocycles. The summed E-state index contributed by atoms with van der Waals surface area (Å²) in [7, 11) is 0. The van der Waals surface area contributed by atoms with E-state index in [0.717, 1.165) is 18.4 Å². The lowest BCUT2D eigenvalue weighted by molar-refractivity contribution is -0.143. The molecular weight excluding hydrogens is 384 g/mol. The van der Waals surface area contributed by atoms with Gasteiger partial charge in [-0.1, -0.05) is 19.4 Å². The van der Waals surface area contributed by atoms with Crippen molar-refractivity contribution in [2.24, 2.45) is 0 Å². The van der Waals surface area contributed by atoms with E-state index in [2.05, 4.69) is 17.6 Å². The molecule has 0 saturated heterocycles. The largest absolute Gasteiger partial charge is 0.490 e. The number of hydrogen-bond acceptors (Lipinski definition) is 5. The first-order chi connectivity index (χ1) is 14.3. The number of esters is 1. The Hall–Kier alpha value is -2.70. The van der Waals surface area contributed by atoms with Crippen molar-refractivity contribution in [2.45, 2.75) is 79.1 Å². The van der Waals surface area contributed by atoms with E-state index in [1.54, 1.807) is 13.8 Å². The van der Waals surface area contributed by atoms with Crippen LogP contribution in [0.15, 0.2) is 29.5 Å². The first-order valence-corrected chi connectivity index (χ1v) is 10.7. The van der Waals surface area contributed by atoms with E-state index in [-0.39, 0.29) is 18.2 Å². The smallest absolute Gasteiger partial charge is 0.338 e. The summed E-state index contributed by atoms with van der Waals surface area (Å²) in [6, 6.07) is 4.50. The fourth-order valence-electron chi connectivity index (χ4n) is 3.26. The molecule has 7 heteroatoms. The van der Waals surface area contributed by atoms with Gasteiger partial charge in [-0.25, -0.2) is 9.59 Å². The van der Waals surface area contributed by atoms with Crippen molar-refractivity contribution in [3.05, 3.63) is 35.0 Å². The number of rotatable bonds is 10. The van der Waals surface area contributed by atoms with Crippen LogP contribution < -0.4 is 20.1 Å². The number of allylic oxidation sites excluding steroid dienone is 1. The standard InChI is InChI=1S/C23H34N2O5/c1-7-9-10-17-20(22(26)30-15(5)6)21(25-23(27)24-17)16-11-12-18(29-14(3)4)19(13-16)28-8-2/h11-15,21H,7-10H2,1-6H3,(H2,24,25,27). The summed E-state index contributed by atoms with van der Waals surface area (Å²) in [6.45, 7) is 11.9. The highest BCUT2D eigenvalue weighted by molar-refractivity contribution is 5.95. The lowest BCUT2D eigenvalue weighted by Crippen LogP contribution is -2.46. The van der Waals surface area contributed by atoms with E-state index in [4.69, 9.17) is 14.2 Å². The SMILES string of the molecule is CCCCC1=C(C(=O)OC(C)C)C(c2ccc(OC(C)C)c(OCC)c2)NC(=O)N1. The molecule has 1 aliphatic rings. The van der Waals surface area contributed by atoms with Gasteiger partial charge in [0.15, 0.2) is 11.5 Å². The van der Waals surface area contributed by atoms with Gasteiger partial charge >= 0.3 is 12.0 Å². The molecule has 30 heavy (non-hydrogen) atoms. The van der Waals surface area contributed by atoms with Crippen LogP contribution in [0.1, 0.15) is 72.4 Å². The van der Waals surface area contributed by atoms with E-state index in [9.17, 15) is 9.59 Å². The maximum Gasteiger partial charge on any atom is 0.338 e. The third-order valence-corrected chi connectivity index (χ3v) is 4.46. The molecule has 1 aliphatic heterocycles. The molecule has 0 aliphatic carbocycles. The van der Waals surface area contributed by atoms with E-state index < -0.39 is 12.0 Å². The molecule has 0 fully saturated rings. The fraction of sp³-hybridized carbons (Fsp3) is 0.565. The Morgan fingerprint density at radius 2 is 1.83 bits per heavy atom. The molecule has 0 bridgehead atoms. The maximum atomic E-state index is 13.0. The summed E-state index contributed by atoms with van der Waals surface area (Å²) >= 11 is 0. The van der Waals surface area contributed by atoms with E-state index in [1.807, 2.05) is 39.0 Å². The fourth-order valence-corrected chi connectivity index (χ4v) is 3.26. The van der Waals surface area contributed by atoms with E-state index in [1.165, 1.54) is 0 Å². The minimum atomic E-state index is -0.635. The summed E-state index contributed by atoms with van der Waals surface area (Å²) in [4.78, 5) is 25.3. The summed E-state index contributed by atoms with van der Waals surface area (Å²) in [5, 5.41) is 5.67. The Bertz CT molecular complexity index is 786. The zero-order valence-corrected chi connectivity index (χ0v) is 18.8. The van der Waals surface area contributed by atoms with Crippen LogP contribution in [0.2, 0.25) is 0 Å². The van der Waals surface area contributed by atoms with Crippen LogP contribution in [0.4, 0.5) is 4.79 Å². The molecule has 0 aromatic heterocycles. The molecule has 1 unspecified atom stereocenters.